The van der Waals surface area contributed by atoms with Crippen molar-refractivity contribution in [2.45, 2.75) is 12.5 Å². The van der Waals surface area contributed by atoms with E-state index in [4.69, 9.17) is 13.9 Å². The molecule has 0 aliphatic carbocycles. The summed E-state index contributed by atoms with van der Waals surface area (Å²) in [6.07, 6.45) is 2.25. The van der Waals surface area contributed by atoms with E-state index in [1.807, 2.05) is 36.4 Å². The summed E-state index contributed by atoms with van der Waals surface area (Å²) in [4.78, 5) is 15.1. The van der Waals surface area contributed by atoms with E-state index in [1.165, 1.54) is 0 Å². The monoisotopic (exact) mass is 369 g/mol. The molecule has 1 unspecified atom stereocenters. The first-order chi connectivity index (χ1) is 13.2. The molecule has 1 amide bonds. The predicted octanol–water partition coefficient (Wildman–Crippen LogP) is 2.30. The van der Waals surface area contributed by atoms with Crippen LogP contribution in [-0.4, -0.2) is 61.5 Å². The van der Waals surface area contributed by atoms with Crippen molar-refractivity contribution in [2.75, 3.05) is 40.0 Å². The van der Waals surface area contributed by atoms with Crippen molar-refractivity contribution in [3.8, 4) is 5.75 Å². The van der Waals surface area contributed by atoms with Crippen molar-refractivity contribution in [3.05, 3.63) is 54.0 Å². The van der Waals surface area contributed by atoms with Gasteiger partial charge in [-0.3, -0.25) is 9.69 Å². The van der Waals surface area contributed by atoms with Gasteiger partial charge in [-0.15, -0.1) is 0 Å². The summed E-state index contributed by atoms with van der Waals surface area (Å²) >= 11 is 0. The number of nitrogens with zero attached hydrogens (tertiary/aromatic N) is 3. The van der Waals surface area contributed by atoms with Gasteiger partial charge in [0.15, 0.2) is 0 Å². The van der Waals surface area contributed by atoms with Crippen LogP contribution in [0.4, 0.5) is 0 Å². The van der Waals surface area contributed by atoms with Crippen LogP contribution in [0.2, 0.25) is 0 Å². The zero-order chi connectivity index (χ0) is 18.6. The van der Waals surface area contributed by atoms with Crippen LogP contribution in [0.5, 0.6) is 5.75 Å². The number of methoxy groups -OCH3 is 1. The average molecular weight is 369 g/mol. The lowest BCUT2D eigenvalue weighted by atomic mass is 10.0. The maximum Gasteiger partial charge on any atom is 0.257 e. The lowest BCUT2D eigenvalue weighted by Gasteiger charge is -2.28. The van der Waals surface area contributed by atoms with Crippen LogP contribution >= 0.6 is 0 Å². The first kappa shape index (κ1) is 17.8. The number of hydrazone groups is 1. The third kappa shape index (κ3) is 3.89. The smallest absolute Gasteiger partial charge is 0.257 e. The molecule has 0 spiro atoms. The third-order valence-corrected chi connectivity index (χ3v) is 4.92. The Morgan fingerprint density at radius 2 is 2.00 bits per heavy atom. The molecule has 3 heterocycles. The van der Waals surface area contributed by atoms with E-state index < -0.39 is 0 Å². The summed E-state index contributed by atoms with van der Waals surface area (Å²) in [5.41, 5.74) is 1.85. The third-order valence-electron chi connectivity index (χ3n) is 4.92. The fraction of sp³-hybridized carbons (Fsp3) is 0.400. The van der Waals surface area contributed by atoms with E-state index in [9.17, 15) is 4.79 Å². The second-order valence-electron chi connectivity index (χ2n) is 6.64. The first-order valence-corrected chi connectivity index (χ1v) is 9.12. The highest BCUT2D eigenvalue weighted by atomic mass is 16.5. The maximum absolute atomic E-state index is 13.0. The topological polar surface area (TPSA) is 67.5 Å². The van der Waals surface area contributed by atoms with Gasteiger partial charge in [-0.1, -0.05) is 0 Å². The van der Waals surface area contributed by atoms with Crippen LogP contribution in [-0.2, 0) is 9.53 Å². The predicted molar refractivity (Wildman–Crippen MR) is 99.7 cm³/mol. The minimum absolute atomic E-state index is 0.0261. The minimum Gasteiger partial charge on any atom is -0.497 e. The number of carbonyl (C=O) groups excluding carboxylic acids is 1. The Balaban J connectivity index is 1.56. The van der Waals surface area contributed by atoms with E-state index in [2.05, 4.69) is 10.0 Å². The van der Waals surface area contributed by atoms with E-state index in [-0.39, 0.29) is 11.9 Å². The molecule has 0 bridgehead atoms. The molecule has 27 heavy (non-hydrogen) atoms. The molecule has 1 aromatic heterocycles. The van der Waals surface area contributed by atoms with Crippen molar-refractivity contribution < 1.29 is 18.7 Å². The summed E-state index contributed by atoms with van der Waals surface area (Å²) in [5.74, 6) is 1.51. The SMILES string of the molecule is COc1ccc(C2=NN(C(=O)CN3CCOCC3)C(c3ccco3)C2)cc1. The van der Waals surface area contributed by atoms with E-state index >= 15 is 0 Å². The van der Waals surface area contributed by atoms with Crippen molar-refractivity contribution in [2.24, 2.45) is 5.10 Å². The van der Waals surface area contributed by atoms with Gasteiger partial charge in [0.1, 0.15) is 17.6 Å². The Hall–Kier alpha value is -2.64. The number of rotatable bonds is 5. The normalized spacial score (nSPS) is 20.6. The van der Waals surface area contributed by atoms with Crippen molar-refractivity contribution >= 4 is 11.6 Å². The lowest BCUT2D eigenvalue weighted by Crippen LogP contribution is -2.43. The average Bonchev–Trinajstić information content (AvgIpc) is 3.38. The molecule has 1 fully saturated rings. The quantitative estimate of drug-likeness (QED) is 0.809. The fourth-order valence-electron chi connectivity index (χ4n) is 3.42. The van der Waals surface area contributed by atoms with Crippen LogP contribution in [0.3, 0.4) is 0 Å². The molecule has 2 aromatic rings. The fourth-order valence-corrected chi connectivity index (χ4v) is 3.42. The standard InChI is InChI=1S/C20H23N3O4/c1-25-16-6-4-15(5-7-16)17-13-18(19-3-2-10-27-19)23(21-17)20(24)14-22-8-11-26-12-9-22/h2-7,10,18H,8-9,11-14H2,1H3. The number of amides is 1. The van der Waals surface area contributed by atoms with E-state index in [0.717, 1.165) is 35.9 Å². The highest BCUT2D eigenvalue weighted by Crippen LogP contribution is 2.33. The highest BCUT2D eigenvalue weighted by molar-refractivity contribution is 6.03. The molecule has 0 saturated carbocycles. The largest absolute Gasteiger partial charge is 0.497 e. The number of hydrogen-bond acceptors (Lipinski definition) is 6. The van der Waals surface area contributed by atoms with Crippen molar-refractivity contribution in [1.29, 1.82) is 0 Å². The highest BCUT2D eigenvalue weighted by Gasteiger charge is 2.35. The molecule has 1 saturated heterocycles. The van der Waals surface area contributed by atoms with Crippen molar-refractivity contribution in [1.82, 2.24) is 9.91 Å². The molecule has 1 atom stereocenters. The molecule has 0 radical (unpaired) electrons. The zero-order valence-electron chi connectivity index (χ0n) is 15.3. The summed E-state index contributed by atoms with van der Waals surface area (Å²) in [6, 6.07) is 11.2. The molecule has 142 valence electrons. The van der Waals surface area contributed by atoms with Gasteiger partial charge in [-0.05, 0) is 42.0 Å². The van der Waals surface area contributed by atoms with Crippen LogP contribution in [0.15, 0.2) is 52.2 Å². The minimum atomic E-state index is -0.217. The van der Waals surface area contributed by atoms with Crippen LogP contribution in [0, 0.1) is 0 Å². The van der Waals surface area contributed by atoms with Crippen LogP contribution < -0.4 is 4.74 Å². The molecule has 7 nitrogen and oxygen atoms in total. The molecule has 1 aromatic carbocycles. The van der Waals surface area contributed by atoms with Gasteiger partial charge in [-0.2, -0.15) is 5.10 Å². The summed E-state index contributed by atoms with van der Waals surface area (Å²) in [6.45, 7) is 3.19. The van der Waals surface area contributed by atoms with Gasteiger partial charge in [0.25, 0.3) is 5.91 Å². The lowest BCUT2D eigenvalue weighted by molar-refractivity contribution is -0.135. The Morgan fingerprint density at radius 1 is 1.22 bits per heavy atom. The van der Waals surface area contributed by atoms with Gasteiger partial charge < -0.3 is 13.9 Å². The molecule has 2 aliphatic rings. The van der Waals surface area contributed by atoms with E-state index in [1.54, 1.807) is 18.4 Å². The molecule has 0 N–H and O–H groups in total. The molecular weight excluding hydrogens is 346 g/mol. The van der Waals surface area contributed by atoms with Gasteiger partial charge >= 0.3 is 0 Å². The molecule has 4 rings (SSSR count). The number of benzene rings is 1. The molecule has 2 aliphatic heterocycles. The number of ether oxygens (including phenoxy) is 2. The number of furan rings is 1. The van der Waals surface area contributed by atoms with Gasteiger partial charge in [0, 0.05) is 19.5 Å². The zero-order valence-corrected chi connectivity index (χ0v) is 15.3. The summed E-state index contributed by atoms with van der Waals surface area (Å²) < 4.78 is 16.2. The number of hydrogen-bond donors (Lipinski definition) is 0. The Labute approximate surface area is 158 Å². The van der Waals surface area contributed by atoms with Crippen LogP contribution in [0.25, 0.3) is 0 Å². The Morgan fingerprint density at radius 3 is 2.67 bits per heavy atom. The number of morpholine rings is 1. The second kappa shape index (κ2) is 7.94. The van der Waals surface area contributed by atoms with Gasteiger partial charge in [-0.25, -0.2) is 5.01 Å². The first-order valence-electron chi connectivity index (χ1n) is 9.12. The Bertz CT molecular complexity index is 795. The number of carbonyl (C=O) groups is 1. The van der Waals surface area contributed by atoms with Gasteiger partial charge in [0.05, 0.1) is 38.8 Å². The molecular formula is C20H23N3O4. The van der Waals surface area contributed by atoms with Crippen molar-refractivity contribution in [3.63, 3.8) is 0 Å². The Kier molecular flexibility index (Phi) is 5.22. The molecule has 7 heteroatoms. The summed E-state index contributed by atoms with van der Waals surface area (Å²) in [7, 11) is 1.64. The maximum atomic E-state index is 13.0. The van der Waals surface area contributed by atoms with Gasteiger partial charge in [0.2, 0.25) is 0 Å². The van der Waals surface area contributed by atoms with E-state index in [0.29, 0.717) is 26.2 Å². The summed E-state index contributed by atoms with van der Waals surface area (Å²) in [5, 5.41) is 6.24. The van der Waals surface area contributed by atoms with Crippen LogP contribution in [0.1, 0.15) is 23.8 Å². The second-order valence-corrected chi connectivity index (χ2v) is 6.64.